The van der Waals surface area contributed by atoms with Crippen molar-refractivity contribution < 1.29 is 19.1 Å². The number of carbonyl (C=O) groups excluding carboxylic acids is 2. The van der Waals surface area contributed by atoms with Gasteiger partial charge in [-0.05, 0) is 18.2 Å². The molecule has 0 aromatic heterocycles. The maximum atomic E-state index is 12.7. The first-order chi connectivity index (χ1) is 11.6. The van der Waals surface area contributed by atoms with E-state index in [4.69, 9.17) is 9.47 Å². The molecule has 1 N–H and O–H groups in total. The molecule has 2 amide bonds. The Kier molecular flexibility index (Phi) is 6.50. The summed E-state index contributed by atoms with van der Waals surface area (Å²) in [5, 5.41) is 3.12. The van der Waals surface area contributed by atoms with Crippen LogP contribution in [0.1, 0.15) is 10.4 Å². The minimum atomic E-state index is -0.0478. The van der Waals surface area contributed by atoms with Gasteiger partial charge in [0.25, 0.3) is 5.91 Å². The first-order valence-electron chi connectivity index (χ1n) is 8.15. The van der Waals surface area contributed by atoms with Crippen molar-refractivity contribution in [2.24, 2.45) is 5.92 Å². The van der Waals surface area contributed by atoms with Crippen LogP contribution in [0.4, 0.5) is 0 Å². The molecule has 1 aromatic carbocycles. The molecule has 2 saturated heterocycles. The number of hydrogen-bond donors (Lipinski definition) is 1. The molecule has 3 rings (SSSR count). The average Bonchev–Trinajstić information content (AvgIpc) is 2.59. The van der Waals surface area contributed by atoms with E-state index in [0.29, 0.717) is 43.2 Å². The smallest absolute Gasteiger partial charge is 0.254 e. The molecule has 1 aromatic rings. The molecule has 7 nitrogen and oxygen atoms in total. The monoisotopic (exact) mass is 369 g/mol. The maximum Gasteiger partial charge on any atom is 0.254 e. The topological polar surface area (TPSA) is 71.1 Å². The van der Waals surface area contributed by atoms with Gasteiger partial charge in [0.1, 0.15) is 0 Å². The van der Waals surface area contributed by atoms with Crippen LogP contribution in [0.25, 0.3) is 0 Å². The molecule has 0 aliphatic carbocycles. The predicted octanol–water partition coefficient (Wildman–Crippen LogP) is 0.629. The number of nitrogens with one attached hydrogen (secondary N) is 1. The summed E-state index contributed by atoms with van der Waals surface area (Å²) in [4.78, 5) is 28.5. The second-order valence-corrected chi connectivity index (χ2v) is 6.04. The highest BCUT2D eigenvalue weighted by atomic mass is 35.5. The Morgan fingerprint density at radius 3 is 2.12 bits per heavy atom. The summed E-state index contributed by atoms with van der Waals surface area (Å²) >= 11 is 0. The zero-order valence-electron chi connectivity index (χ0n) is 14.5. The molecule has 0 spiro atoms. The van der Waals surface area contributed by atoms with E-state index in [0.717, 1.165) is 13.1 Å². The van der Waals surface area contributed by atoms with Gasteiger partial charge in [0, 0.05) is 44.8 Å². The number of nitrogens with zero attached hydrogens (tertiary/aromatic N) is 2. The normalized spacial score (nSPS) is 17.4. The van der Waals surface area contributed by atoms with Gasteiger partial charge in [-0.3, -0.25) is 9.59 Å². The molecular weight excluding hydrogens is 346 g/mol. The van der Waals surface area contributed by atoms with Crippen LogP contribution in [0.2, 0.25) is 0 Å². The molecule has 2 heterocycles. The zero-order chi connectivity index (χ0) is 17.1. The summed E-state index contributed by atoms with van der Waals surface area (Å²) in [6.45, 7) is 3.83. The number of rotatable bonds is 4. The number of amides is 2. The Morgan fingerprint density at radius 2 is 1.60 bits per heavy atom. The third-order valence-corrected chi connectivity index (χ3v) is 4.64. The van der Waals surface area contributed by atoms with Crippen molar-refractivity contribution in [2.45, 2.75) is 0 Å². The van der Waals surface area contributed by atoms with Gasteiger partial charge in [0.15, 0.2) is 11.5 Å². The summed E-state index contributed by atoms with van der Waals surface area (Å²) in [5.74, 6) is 1.40. The lowest BCUT2D eigenvalue weighted by Crippen LogP contribution is -2.57. The van der Waals surface area contributed by atoms with E-state index < -0.39 is 0 Å². The van der Waals surface area contributed by atoms with Crippen LogP contribution in [0.3, 0.4) is 0 Å². The Labute approximate surface area is 153 Å². The molecular formula is C17H24ClN3O4. The molecule has 0 atom stereocenters. The van der Waals surface area contributed by atoms with E-state index in [2.05, 4.69) is 5.32 Å². The van der Waals surface area contributed by atoms with Crippen LogP contribution >= 0.6 is 12.4 Å². The minimum Gasteiger partial charge on any atom is -0.493 e. The lowest BCUT2D eigenvalue weighted by molar-refractivity contribution is -0.138. The first kappa shape index (κ1) is 19.3. The van der Waals surface area contributed by atoms with Gasteiger partial charge < -0.3 is 24.6 Å². The molecule has 2 fully saturated rings. The fourth-order valence-electron chi connectivity index (χ4n) is 3.00. The van der Waals surface area contributed by atoms with Gasteiger partial charge in [-0.1, -0.05) is 0 Å². The van der Waals surface area contributed by atoms with Crippen molar-refractivity contribution in [3.8, 4) is 11.5 Å². The summed E-state index contributed by atoms with van der Waals surface area (Å²) in [6, 6.07) is 5.16. The Hall–Kier alpha value is -1.99. The number of halogens is 1. The van der Waals surface area contributed by atoms with E-state index in [1.165, 1.54) is 0 Å². The highest BCUT2D eigenvalue weighted by Crippen LogP contribution is 2.28. The minimum absolute atomic E-state index is 0. The van der Waals surface area contributed by atoms with Crippen LogP contribution in [0.5, 0.6) is 11.5 Å². The lowest BCUT2D eigenvalue weighted by Gasteiger charge is -2.38. The van der Waals surface area contributed by atoms with Crippen molar-refractivity contribution in [2.75, 3.05) is 53.5 Å². The van der Waals surface area contributed by atoms with Gasteiger partial charge in [-0.15, -0.1) is 12.4 Å². The molecule has 8 heteroatoms. The van der Waals surface area contributed by atoms with E-state index in [-0.39, 0.29) is 30.1 Å². The molecule has 0 unspecified atom stereocenters. The summed E-state index contributed by atoms with van der Waals surface area (Å²) in [5.41, 5.74) is 0.565. The highest BCUT2D eigenvalue weighted by molar-refractivity contribution is 5.95. The fourth-order valence-corrected chi connectivity index (χ4v) is 3.00. The van der Waals surface area contributed by atoms with E-state index >= 15 is 0 Å². The van der Waals surface area contributed by atoms with Gasteiger partial charge in [0.2, 0.25) is 5.91 Å². The number of ether oxygens (including phenoxy) is 2. The van der Waals surface area contributed by atoms with Gasteiger partial charge in [0.05, 0.1) is 20.1 Å². The molecule has 2 aliphatic rings. The van der Waals surface area contributed by atoms with Crippen LogP contribution in [0.15, 0.2) is 18.2 Å². The lowest BCUT2D eigenvalue weighted by atomic mass is 10.0. The average molecular weight is 370 g/mol. The van der Waals surface area contributed by atoms with Crippen molar-refractivity contribution in [1.82, 2.24) is 15.1 Å². The van der Waals surface area contributed by atoms with Crippen LogP contribution in [-0.4, -0.2) is 75.1 Å². The van der Waals surface area contributed by atoms with Crippen molar-refractivity contribution in [1.29, 1.82) is 0 Å². The molecule has 0 radical (unpaired) electrons. The van der Waals surface area contributed by atoms with Gasteiger partial charge in [-0.2, -0.15) is 0 Å². The molecule has 2 aliphatic heterocycles. The van der Waals surface area contributed by atoms with Crippen LogP contribution in [-0.2, 0) is 4.79 Å². The van der Waals surface area contributed by atoms with Crippen molar-refractivity contribution in [3.05, 3.63) is 23.8 Å². The SMILES string of the molecule is COc1ccc(C(=O)N2CCN(C(=O)C3CNC3)CC2)cc1OC.Cl. The number of piperazine rings is 1. The fraction of sp³-hybridized carbons (Fsp3) is 0.529. The zero-order valence-corrected chi connectivity index (χ0v) is 15.3. The van der Waals surface area contributed by atoms with Gasteiger partial charge >= 0.3 is 0 Å². The standard InChI is InChI=1S/C17H23N3O4.ClH/c1-23-14-4-3-12(9-15(14)24-2)16(21)19-5-7-20(8-6-19)17(22)13-10-18-11-13;/h3-4,9,13,18H,5-8,10-11H2,1-2H3;1H. The predicted molar refractivity (Wildman–Crippen MR) is 95.6 cm³/mol. The maximum absolute atomic E-state index is 12.7. The first-order valence-corrected chi connectivity index (χ1v) is 8.15. The molecule has 0 bridgehead atoms. The van der Waals surface area contributed by atoms with Crippen LogP contribution in [0, 0.1) is 5.92 Å². The Bertz CT molecular complexity index is 628. The van der Waals surface area contributed by atoms with E-state index in [1.807, 2.05) is 4.90 Å². The molecule has 25 heavy (non-hydrogen) atoms. The van der Waals surface area contributed by atoms with Crippen molar-refractivity contribution in [3.63, 3.8) is 0 Å². The quantitative estimate of drug-likeness (QED) is 0.843. The number of methoxy groups -OCH3 is 2. The van der Waals surface area contributed by atoms with Gasteiger partial charge in [-0.25, -0.2) is 0 Å². The number of carbonyl (C=O) groups is 2. The second kappa shape index (κ2) is 8.40. The highest BCUT2D eigenvalue weighted by Gasteiger charge is 2.32. The molecule has 138 valence electrons. The third-order valence-electron chi connectivity index (χ3n) is 4.64. The second-order valence-electron chi connectivity index (χ2n) is 6.04. The molecule has 0 saturated carbocycles. The van der Waals surface area contributed by atoms with E-state index in [9.17, 15) is 9.59 Å². The Balaban J connectivity index is 0.00000225. The van der Waals surface area contributed by atoms with Crippen molar-refractivity contribution >= 4 is 24.2 Å². The largest absolute Gasteiger partial charge is 0.493 e. The summed E-state index contributed by atoms with van der Waals surface area (Å²) in [6.07, 6.45) is 0. The Morgan fingerprint density at radius 1 is 1.00 bits per heavy atom. The summed E-state index contributed by atoms with van der Waals surface area (Å²) < 4.78 is 10.4. The van der Waals surface area contributed by atoms with E-state index in [1.54, 1.807) is 37.3 Å². The third kappa shape index (κ3) is 3.99. The summed E-state index contributed by atoms with van der Waals surface area (Å²) in [7, 11) is 3.11. The number of benzene rings is 1. The van der Waals surface area contributed by atoms with Crippen LogP contribution < -0.4 is 14.8 Å². The number of hydrogen-bond acceptors (Lipinski definition) is 5.